The molecule has 2 atom stereocenters. The average molecular weight is 507 g/mol. The molecule has 0 spiro atoms. The molecule has 1 unspecified atom stereocenters. The number of hydrogen-bond acceptors (Lipinski definition) is 6. The van der Waals surface area contributed by atoms with E-state index in [0.717, 1.165) is 65.6 Å². The summed E-state index contributed by atoms with van der Waals surface area (Å²) in [5, 5.41) is 5.52. The Morgan fingerprint density at radius 3 is 2.86 bits per heavy atom. The third-order valence-corrected chi connectivity index (χ3v) is 7.45. The summed E-state index contributed by atoms with van der Waals surface area (Å²) in [6.07, 6.45) is 4.25. The summed E-state index contributed by atoms with van der Waals surface area (Å²) in [5.74, 6) is 1.92. The van der Waals surface area contributed by atoms with E-state index in [2.05, 4.69) is 22.0 Å². The molecule has 2 aromatic carbocycles. The number of carbonyl (C=O) groups excluding carboxylic acids is 1. The highest BCUT2D eigenvalue weighted by molar-refractivity contribution is 6.32. The number of carbonyl (C=O) groups is 1. The Morgan fingerprint density at radius 1 is 1.19 bits per heavy atom. The van der Waals surface area contributed by atoms with Gasteiger partial charge in [-0.1, -0.05) is 16.8 Å². The van der Waals surface area contributed by atoms with Crippen LogP contribution in [0.15, 0.2) is 47.1 Å². The van der Waals surface area contributed by atoms with Crippen LogP contribution in [0.5, 0.6) is 5.75 Å². The van der Waals surface area contributed by atoms with Crippen molar-refractivity contribution in [3.63, 3.8) is 0 Å². The van der Waals surface area contributed by atoms with Crippen LogP contribution in [-0.2, 0) is 16.1 Å². The fraction of sp³-hybridized carbons (Fsp3) is 0.370. The Kier molecular flexibility index (Phi) is 5.93. The molecule has 4 heterocycles. The number of ether oxygens (including phenoxy) is 2. The molecule has 0 N–H and O–H groups in total. The standard InChI is InChI=1S/C27H27ClN4O4/c1-16-20-11-18(3-6-24(20)36-30-16)22-14-31(13-17-9-10-35-15-17)27(29-22)23-5-8-26(33)32(23)19-4-7-25(34-2)21(28)12-19/h3-4,6-7,11-12,14,17,23H,5,8-10,13,15H2,1-2H3/t17?,23-/m0/s1. The molecule has 9 heteroatoms. The summed E-state index contributed by atoms with van der Waals surface area (Å²) in [6.45, 7) is 4.24. The first-order valence-corrected chi connectivity index (χ1v) is 12.6. The predicted octanol–water partition coefficient (Wildman–Crippen LogP) is 5.57. The molecule has 36 heavy (non-hydrogen) atoms. The normalized spacial score (nSPS) is 20.1. The van der Waals surface area contributed by atoms with Gasteiger partial charge in [-0.05, 0) is 56.2 Å². The SMILES string of the molecule is COc1ccc(N2C(=O)CC[C@H]2c2nc(-c3ccc4onc(C)c4c3)cn2CC2CCOC2)cc1Cl. The molecule has 186 valence electrons. The number of benzene rings is 2. The van der Waals surface area contributed by atoms with Crippen molar-refractivity contribution in [3.05, 3.63) is 59.1 Å². The second-order valence-corrected chi connectivity index (χ2v) is 9.89. The topological polar surface area (TPSA) is 82.6 Å². The minimum absolute atomic E-state index is 0.0584. The van der Waals surface area contributed by atoms with E-state index in [1.807, 2.05) is 30.0 Å². The lowest BCUT2D eigenvalue weighted by molar-refractivity contribution is -0.117. The maximum Gasteiger partial charge on any atom is 0.227 e. The van der Waals surface area contributed by atoms with E-state index in [9.17, 15) is 4.79 Å². The maximum absolute atomic E-state index is 13.1. The third-order valence-electron chi connectivity index (χ3n) is 7.16. The first kappa shape index (κ1) is 23.1. The van der Waals surface area contributed by atoms with Gasteiger partial charge in [0.25, 0.3) is 0 Å². The van der Waals surface area contributed by atoms with Crippen LogP contribution in [-0.4, -0.2) is 40.9 Å². The molecular weight excluding hydrogens is 480 g/mol. The average Bonchev–Trinajstić information content (AvgIpc) is 3.67. The highest BCUT2D eigenvalue weighted by Gasteiger charge is 2.37. The van der Waals surface area contributed by atoms with Gasteiger partial charge in [-0.2, -0.15) is 0 Å². The molecule has 0 aliphatic carbocycles. The second kappa shape index (κ2) is 9.26. The molecule has 2 aromatic heterocycles. The van der Waals surface area contributed by atoms with Crippen LogP contribution in [0.25, 0.3) is 22.2 Å². The van der Waals surface area contributed by atoms with Crippen LogP contribution in [0, 0.1) is 12.8 Å². The smallest absolute Gasteiger partial charge is 0.227 e. The van der Waals surface area contributed by atoms with Crippen LogP contribution in [0.2, 0.25) is 5.02 Å². The van der Waals surface area contributed by atoms with Crippen LogP contribution < -0.4 is 9.64 Å². The van der Waals surface area contributed by atoms with Crippen molar-refractivity contribution in [3.8, 4) is 17.0 Å². The summed E-state index contributed by atoms with van der Waals surface area (Å²) in [6, 6.07) is 11.3. The van der Waals surface area contributed by atoms with Crippen molar-refractivity contribution in [2.24, 2.45) is 5.92 Å². The van der Waals surface area contributed by atoms with Gasteiger partial charge in [0.05, 0.1) is 36.2 Å². The van der Waals surface area contributed by atoms with Crippen LogP contribution in [0.3, 0.4) is 0 Å². The lowest BCUT2D eigenvalue weighted by Crippen LogP contribution is -2.29. The predicted molar refractivity (Wildman–Crippen MR) is 136 cm³/mol. The Balaban J connectivity index is 1.42. The number of aryl methyl sites for hydroxylation is 1. The first-order chi connectivity index (χ1) is 17.5. The van der Waals surface area contributed by atoms with Gasteiger partial charge in [0, 0.05) is 48.3 Å². The van der Waals surface area contributed by atoms with E-state index in [4.69, 9.17) is 30.6 Å². The fourth-order valence-electron chi connectivity index (χ4n) is 5.26. The maximum atomic E-state index is 13.1. The molecule has 0 bridgehead atoms. The number of methoxy groups -OCH3 is 1. The number of anilines is 1. The van der Waals surface area contributed by atoms with Crippen LogP contribution >= 0.6 is 11.6 Å². The quantitative estimate of drug-likeness (QED) is 0.340. The van der Waals surface area contributed by atoms with Crippen LogP contribution in [0.1, 0.15) is 36.8 Å². The molecule has 1 amide bonds. The number of halogens is 1. The highest BCUT2D eigenvalue weighted by Crippen LogP contribution is 2.40. The monoisotopic (exact) mass is 506 g/mol. The van der Waals surface area contributed by atoms with Crippen molar-refractivity contribution in [1.82, 2.24) is 14.7 Å². The Bertz CT molecular complexity index is 1440. The van der Waals surface area contributed by atoms with Gasteiger partial charge in [-0.15, -0.1) is 0 Å². The highest BCUT2D eigenvalue weighted by atomic mass is 35.5. The molecule has 0 saturated carbocycles. The van der Waals surface area contributed by atoms with E-state index < -0.39 is 0 Å². The van der Waals surface area contributed by atoms with Gasteiger partial charge in [0.2, 0.25) is 5.91 Å². The van der Waals surface area contributed by atoms with Gasteiger partial charge in [-0.3, -0.25) is 4.79 Å². The van der Waals surface area contributed by atoms with Crippen molar-refractivity contribution >= 4 is 34.2 Å². The number of fused-ring (bicyclic) bond motifs is 1. The largest absolute Gasteiger partial charge is 0.495 e. The molecule has 8 nitrogen and oxygen atoms in total. The van der Waals surface area contributed by atoms with E-state index >= 15 is 0 Å². The number of rotatable bonds is 6. The molecule has 4 aromatic rings. The summed E-state index contributed by atoms with van der Waals surface area (Å²) in [4.78, 5) is 20.0. The summed E-state index contributed by atoms with van der Waals surface area (Å²) in [5.41, 5.74) is 4.19. The second-order valence-electron chi connectivity index (χ2n) is 9.48. The van der Waals surface area contributed by atoms with Crippen molar-refractivity contribution in [2.75, 3.05) is 25.2 Å². The van der Waals surface area contributed by atoms with E-state index in [1.54, 1.807) is 19.2 Å². The van der Waals surface area contributed by atoms with Crippen molar-refractivity contribution in [2.45, 2.75) is 38.8 Å². The van der Waals surface area contributed by atoms with E-state index in [1.165, 1.54) is 0 Å². The molecule has 2 saturated heterocycles. The molecule has 6 rings (SSSR count). The minimum atomic E-state index is -0.195. The summed E-state index contributed by atoms with van der Waals surface area (Å²) < 4.78 is 18.5. The summed E-state index contributed by atoms with van der Waals surface area (Å²) >= 11 is 6.42. The number of amides is 1. The molecular formula is C27H27ClN4O4. The Hall–Kier alpha value is -3.36. The zero-order valence-electron chi connectivity index (χ0n) is 20.2. The van der Waals surface area contributed by atoms with Crippen molar-refractivity contribution in [1.29, 1.82) is 0 Å². The van der Waals surface area contributed by atoms with Gasteiger partial charge in [0.1, 0.15) is 11.6 Å². The lowest BCUT2D eigenvalue weighted by Gasteiger charge is -2.26. The fourth-order valence-corrected chi connectivity index (χ4v) is 5.51. The van der Waals surface area contributed by atoms with Crippen LogP contribution in [0.4, 0.5) is 5.69 Å². The Labute approximate surface area is 213 Å². The molecule has 2 fully saturated rings. The minimum Gasteiger partial charge on any atom is -0.495 e. The van der Waals surface area contributed by atoms with E-state index in [0.29, 0.717) is 29.5 Å². The number of nitrogens with zero attached hydrogens (tertiary/aromatic N) is 4. The van der Waals surface area contributed by atoms with Gasteiger partial charge in [0.15, 0.2) is 5.58 Å². The zero-order chi connectivity index (χ0) is 24.8. The number of aromatic nitrogens is 3. The van der Waals surface area contributed by atoms with E-state index in [-0.39, 0.29) is 11.9 Å². The molecule has 2 aliphatic heterocycles. The Morgan fingerprint density at radius 2 is 2.08 bits per heavy atom. The number of imidazole rings is 1. The molecule has 0 radical (unpaired) electrons. The molecule has 2 aliphatic rings. The third kappa shape index (κ3) is 4.04. The van der Waals surface area contributed by atoms with Gasteiger partial charge >= 0.3 is 0 Å². The number of hydrogen-bond donors (Lipinski definition) is 0. The lowest BCUT2D eigenvalue weighted by atomic mass is 10.1. The first-order valence-electron chi connectivity index (χ1n) is 12.2. The van der Waals surface area contributed by atoms with Crippen molar-refractivity contribution < 1.29 is 18.8 Å². The zero-order valence-corrected chi connectivity index (χ0v) is 21.0. The van der Waals surface area contributed by atoms with Gasteiger partial charge < -0.3 is 23.5 Å². The summed E-state index contributed by atoms with van der Waals surface area (Å²) in [7, 11) is 1.58. The van der Waals surface area contributed by atoms with Gasteiger partial charge in [-0.25, -0.2) is 4.98 Å².